The largest absolute Gasteiger partial charge is 0.356 e. The summed E-state index contributed by atoms with van der Waals surface area (Å²) in [4.78, 5) is 5.15. The molecule has 1 aromatic carbocycles. The molecule has 0 aliphatic carbocycles. The van der Waals surface area contributed by atoms with Gasteiger partial charge >= 0.3 is 0 Å². The van der Waals surface area contributed by atoms with Gasteiger partial charge in [-0.15, -0.1) is 0 Å². The Morgan fingerprint density at radius 1 is 0.500 bits per heavy atom. The SMILES string of the molecule is CCCCCCCCCCCCCCCN1C=CN(c2ccccc2)C1CCCCCCCCCC. The second-order valence-corrected chi connectivity index (χ2v) is 11.3. The molecule has 2 rings (SSSR count). The summed E-state index contributed by atoms with van der Waals surface area (Å²) in [5.41, 5.74) is 1.34. The number of anilines is 1. The summed E-state index contributed by atoms with van der Waals surface area (Å²) in [5, 5.41) is 0. The lowest BCUT2D eigenvalue weighted by Gasteiger charge is -2.33. The molecule has 206 valence electrons. The maximum Gasteiger partial charge on any atom is 0.105 e. The molecule has 0 aromatic heterocycles. The molecule has 1 aromatic rings. The van der Waals surface area contributed by atoms with Gasteiger partial charge in [-0.1, -0.05) is 154 Å². The Morgan fingerprint density at radius 3 is 1.44 bits per heavy atom. The Balaban J connectivity index is 1.59. The van der Waals surface area contributed by atoms with Crippen molar-refractivity contribution < 1.29 is 0 Å². The van der Waals surface area contributed by atoms with Crippen LogP contribution in [0.1, 0.15) is 155 Å². The van der Waals surface area contributed by atoms with Crippen LogP contribution in [0.5, 0.6) is 0 Å². The predicted octanol–water partition coefficient (Wildman–Crippen LogP) is 11.2. The fraction of sp³-hybridized carbons (Fsp3) is 0.765. The maximum atomic E-state index is 2.63. The van der Waals surface area contributed by atoms with Crippen molar-refractivity contribution >= 4 is 5.69 Å². The zero-order chi connectivity index (χ0) is 25.5. The van der Waals surface area contributed by atoms with Crippen molar-refractivity contribution in [2.24, 2.45) is 0 Å². The van der Waals surface area contributed by atoms with Crippen molar-refractivity contribution in [2.45, 2.75) is 161 Å². The highest BCUT2D eigenvalue weighted by Crippen LogP contribution is 2.28. The number of hydrogen-bond acceptors (Lipinski definition) is 2. The zero-order valence-electron chi connectivity index (χ0n) is 24.3. The standard InChI is InChI=1S/C34H60N2/c1-3-5-7-9-11-13-14-15-16-17-19-21-26-30-35-31-32-36(33-27-23-22-24-28-33)34(35)29-25-20-18-12-10-8-6-4-2/h22-24,27-28,31-32,34H,3-21,25-26,29-30H2,1-2H3. The quantitative estimate of drug-likeness (QED) is 0.131. The van der Waals surface area contributed by atoms with Crippen LogP contribution in [0.4, 0.5) is 5.69 Å². The molecular weight excluding hydrogens is 436 g/mol. The first-order valence-corrected chi connectivity index (χ1v) is 16.1. The van der Waals surface area contributed by atoms with Gasteiger partial charge in [-0.3, -0.25) is 0 Å². The number of nitrogens with zero attached hydrogens (tertiary/aromatic N) is 2. The van der Waals surface area contributed by atoms with Crippen LogP contribution in [0.25, 0.3) is 0 Å². The van der Waals surface area contributed by atoms with Crippen LogP contribution in [-0.2, 0) is 0 Å². The van der Waals surface area contributed by atoms with Crippen molar-refractivity contribution in [3.8, 4) is 0 Å². The molecule has 1 aliphatic heterocycles. The first kappa shape index (κ1) is 30.8. The van der Waals surface area contributed by atoms with E-state index in [9.17, 15) is 0 Å². The molecular formula is C34H60N2. The number of benzene rings is 1. The van der Waals surface area contributed by atoms with E-state index in [4.69, 9.17) is 0 Å². The van der Waals surface area contributed by atoms with Gasteiger partial charge in [0.2, 0.25) is 0 Å². The molecule has 1 atom stereocenters. The minimum atomic E-state index is 0.504. The van der Waals surface area contributed by atoms with Crippen molar-refractivity contribution in [2.75, 3.05) is 11.4 Å². The molecule has 0 amide bonds. The summed E-state index contributed by atoms with van der Waals surface area (Å²) in [6.45, 7) is 5.81. The van der Waals surface area contributed by atoms with Crippen LogP contribution in [0.15, 0.2) is 42.7 Å². The van der Waals surface area contributed by atoms with E-state index in [0.29, 0.717) is 6.17 Å². The Labute approximate surface area is 225 Å². The van der Waals surface area contributed by atoms with Crippen molar-refractivity contribution in [3.05, 3.63) is 42.7 Å². The minimum Gasteiger partial charge on any atom is -0.356 e. The molecule has 36 heavy (non-hydrogen) atoms. The molecule has 0 N–H and O–H groups in total. The molecule has 0 bridgehead atoms. The van der Waals surface area contributed by atoms with Crippen LogP contribution in [0.2, 0.25) is 0 Å². The molecule has 1 heterocycles. The van der Waals surface area contributed by atoms with Crippen LogP contribution in [0.3, 0.4) is 0 Å². The highest BCUT2D eigenvalue weighted by molar-refractivity contribution is 5.51. The second-order valence-electron chi connectivity index (χ2n) is 11.3. The van der Waals surface area contributed by atoms with E-state index >= 15 is 0 Å². The molecule has 2 heteroatoms. The van der Waals surface area contributed by atoms with E-state index in [0.717, 1.165) is 0 Å². The fourth-order valence-corrected chi connectivity index (χ4v) is 5.68. The lowest BCUT2D eigenvalue weighted by molar-refractivity contribution is 0.273. The lowest BCUT2D eigenvalue weighted by Crippen LogP contribution is -2.39. The minimum absolute atomic E-state index is 0.504. The van der Waals surface area contributed by atoms with Crippen LogP contribution in [0, 0.1) is 0 Å². The van der Waals surface area contributed by atoms with E-state index < -0.39 is 0 Å². The molecule has 0 spiro atoms. The summed E-state index contributed by atoms with van der Waals surface area (Å²) in [7, 11) is 0. The van der Waals surface area contributed by atoms with Gasteiger partial charge in [0, 0.05) is 24.6 Å². The van der Waals surface area contributed by atoms with Crippen LogP contribution < -0.4 is 4.90 Å². The van der Waals surface area contributed by atoms with Crippen LogP contribution >= 0.6 is 0 Å². The Kier molecular flexibility index (Phi) is 18.5. The summed E-state index contributed by atoms with van der Waals surface area (Å²) < 4.78 is 0. The Bertz CT molecular complexity index is 625. The summed E-state index contributed by atoms with van der Waals surface area (Å²) in [5.74, 6) is 0. The van der Waals surface area contributed by atoms with Gasteiger partial charge in [-0.05, 0) is 31.4 Å². The second kappa shape index (κ2) is 21.6. The van der Waals surface area contributed by atoms with E-state index in [2.05, 4.69) is 66.4 Å². The highest BCUT2D eigenvalue weighted by Gasteiger charge is 2.26. The van der Waals surface area contributed by atoms with E-state index in [1.54, 1.807) is 0 Å². The molecule has 1 unspecified atom stereocenters. The highest BCUT2D eigenvalue weighted by atomic mass is 15.4. The summed E-state index contributed by atoms with van der Waals surface area (Å²) in [6.07, 6.45) is 36.2. The van der Waals surface area contributed by atoms with E-state index in [1.807, 2.05) is 0 Å². The average molecular weight is 497 g/mol. The third kappa shape index (κ3) is 13.8. The van der Waals surface area contributed by atoms with Crippen molar-refractivity contribution in [3.63, 3.8) is 0 Å². The Morgan fingerprint density at radius 2 is 0.944 bits per heavy atom. The maximum absolute atomic E-state index is 2.63. The summed E-state index contributed by atoms with van der Waals surface area (Å²) in [6, 6.07) is 11.0. The molecule has 0 fully saturated rings. The molecule has 2 nitrogen and oxygen atoms in total. The number of hydrogen-bond donors (Lipinski definition) is 0. The molecule has 0 saturated carbocycles. The first-order chi connectivity index (χ1) is 17.9. The molecule has 0 saturated heterocycles. The topological polar surface area (TPSA) is 6.48 Å². The zero-order valence-corrected chi connectivity index (χ0v) is 24.3. The van der Waals surface area contributed by atoms with Gasteiger partial charge in [0.15, 0.2) is 0 Å². The molecule has 1 aliphatic rings. The van der Waals surface area contributed by atoms with Gasteiger partial charge in [-0.2, -0.15) is 0 Å². The van der Waals surface area contributed by atoms with E-state index in [1.165, 1.54) is 153 Å². The normalized spacial score (nSPS) is 15.3. The third-order valence-corrected chi connectivity index (χ3v) is 8.01. The fourth-order valence-electron chi connectivity index (χ4n) is 5.68. The van der Waals surface area contributed by atoms with Crippen molar-refractivity contribution in [1.82, 2.24) is 4.90 Å². The summed E-state index contributed by atoms with van der Waals surface area (Å²) >= 11 is 0. The lowest BCUT2D eigenvalue weighted by atomic mass is 10.0. The van der Waals surface area contributed by atoms with Gasteiger partial charge in [0.05, 0.1) is 0 Å². The monoisotopic (exact) mass is 496 g/mol. The average Bonchev–Trinajstić information content (AvgIpc) is 3.31. The number of unbranched alkanes of at least 4 members (excludes halogenated alkanes) is 19. The third-order valence-electron chi connectivity index (χ3n) is 8.01. The number of para-hydroxylation sites is 1. The Hall–Kier alpha value is -1.44. The molecule has 0 radical (unpaired) electrons. The smallest absolute Gasteiger partial charge is 0.105 e. The number of rotatable bonds is 24. The van der Waals surface area contributed by atoms with Gasteiger partial charge in [0.25, 0.3) is 0 Å². The van der Waals surface area contributed by atoms with E-state index in [-0.39, 0.29) is 0 Å². The van der Waals surface area contributed by atoms with Crippen molar-refractivity contribution in [1.29, 1.82) is 0 Å². The first-order valence-electron chi connectivity index (χ1n) is 16.1. The van der Waals surface area contributed by atoms with Gasteiger partial charge < -0.3 is 9.80 Å². The predicted molar refractivity (Wildman–Crippen MR) is 161 cm³/mol. The van der Waals surface area contributed by atoms with Gasteiger partial charge in [-0.25, -0.2) is 0 Å². The van der Waals surface area contributed by atoms with Crippen LogP contribution in [-0.4, -0.2) is 17.6 Å². The van der Waals surface area contributed by atoms with Gasteiger partial charge in [0.1, 0.15) is 6.17 Å².